The molecule has 0 amide bonds. The summed E-state index contributed by atoms with van der Waals surface area (Å²) in [5, 5.41) is 23.5. The maximum absolute atomic E-state index is 9.34. The quantitative estimate of drug-likeness (QED) is 0.118. The van der Waals surface area contributed by atoms with Crippen LogP contribution in [0.25, 0.3) is 105 Å². The van der Waals surface area contributed by atoms with E-state index in [-0.39, 0.29) is 0 Å². The molecule has 0 fully saturated rings. The van der Waals surface area contributed by atoms with Gasteiger partial charge in [-0.1, -0.05) is 133 Å². The minimum atomic E-state index is 0.482. The Balaban J connectivity index is 0.977. The highest BCUT2D eigenvalue weighted by molar-refractivity contribution is 6.09. The van der Waals surface area contributed by atoms with Crippen LogP contribution in [0.2, 0.25) is 0 Å². The van der Waals surface area contributed by atoms with Crippen molar-refractivity contribution >= 4 is 27.2 Å². The van der Waals surface area contributed by atoms with Crippen LogP contribution in [0.3, 0.4) is 0 Å². The van der Waals surface area contributed by atoms with E-state index >= 15 is 0 Å². The largest absolute Gasteiger partial charge is 0.238 e. The van der Waals surface area contributed by atoms with Gasteiger partial charge >= 0.3 is 0 Å². The van der Waals surface area contributed by atoms with Crippen molar-refractivity contribution < 1.29 is 0 Å². The topological polar surface area (TPSA) is 90.6 Å². The second-order valence-corrected chi connectivity index (χ2v) is 14.9. The van der Waals surface area contributed by atoms with Crippen molar-refractivity contribution in [2.75, 3.05) is 0 Å². The molecule has 9 aromatic carbocycles. The highest BCUT2D eigenvalue weighted by Gasteiger charge is 2.16. The van der Waals surface area contributed by atoms with Crippen LogP contribution in [-0.2, 0) is 0 Å². The Morgan fingerprint density at radius 1 is 0.355 bits per heavy atom. The van der Waals surface area contributed by atoms with Crippen LogP contribution >= 0.6 is 0 Å². The van der Waals surface area contributed by atoms with Gasteiger partial charge in [-0.25, -0.2) is 19.8 Å². The third kappa shape index (κ3) is 7.09. The molecular formula is C56H32N6. The lowest BCUT2D eigenvalue weighted by Crippen LogP contribution is -2.00. The highest BCUT2D eigenvalue weighted by atomic mass is 15.0. The van der Waals surface area contributed by atoms with Gasteiger partial charge in [-0.15, -0.1) is 0 Å². The molecule has 10 aromatic rings. The molecule has 10 rings (SSSR count). The molecular weight excluding hydrogens is 757 g/mol. The van der Waals surface area contributed by atoms with Gasteiger partial charge in [0.15, 0.2) is 23.2 Å². The first-order valence-corrected chi connectivity index (χ1v) is 20.1. The van der Waals surface area contributed by atoms with E-state index in [2.05, 4.69) is 138 Å². The molecule has 1 heterocycles. The van der Waals surface area contributed by atoms with E-state index in [1.54, 1.807) is 24.3 Å². The zero-order chi connectivity index (χ0) is 42.0. The Bertz CT molecular complexity index is 3380. The maximum atomic E-state index is 9.34. The molecule has 6 heteroatoms. The van der Waals surface area contributed by atoms with Crippen molar-refractivity contribution in [2.45, 2.75) is 0 Å². The van der Waals surface area contributed by atoms with Crippen molar-refractivity contribution in [3.05, 3.63) is 217 Å². The standard InChI is InChI=1S/C56H32N6/c1-59-47-29-31-50(53(33-47)52-9-5-4-8-49(52)46-28-30-51-45(32-46)27-24-40-6-2-3-7-48(40)51)41-22-18-38(19-23-41)39-20-25-44(26-21-39)56-61-54(42-14-10-36(34-57)11-15-42)60-55(62-56)43-16-12-37(35-58)13-17-43/h2-33H. The average Bonchev–Trinajstić information content (AvgIpc) is 3.36. The van der Waals surface area contributed by atoms with E-state index in [9.17, 15) is 10.5 Å². The number of rotatable bonds is 7. The molecule has 62 heavy (non-hydrogen) atoms. The summed E-state index contributed by atoms with van der Waals surface area (Å²) in [7, 11) is 0. The Kier molecular flexibility index (Phi) is 9.60. The van der Waals surface area contributed by atoms with Gasteiger partial charge in [0.25, 0.3) is 0 Å². The van der Waals surface area contributed by atoms with Crippen LogP contribution in [0.15, 0.2) is 194 Å². The van der Waals surface area contributed by atoms with E-state index in [1.165, 1.54) is 21.5 Å². The Morgan fingerprint density at radius 3 is 1.39 bits per heavy atom. The van der Waals surface area contributed by atoms with Gasteiger partial charge in [0, 0.05) is 16.7 Å². The maximum Gasteiger partial charge on any atom is 0.187 e. The fraction of sp³-hybridized carbons (Fsp3) is 0. The molecule has 0 unspecified atom stereocenters. The van der Waals surface area contributed by atoms with E-state index in [1.807, 2.05) is 48.5 Å². The summed E-state index contributed by atoms with van der Waals surface area (Å²) in [5.74, 6) is 1.47. The minimum Gasteiger partial charge on any atom is -0.238 e. The fourth-order valence-corrected chi connectivity index (χ4v) is 8.03. The van der Waals surface area contributed by atoms with E-state index in [4.69, 9.17) is 21.5 Å². The number of benzene rings is 9. The van der Waals surface area contributed by atoms with Gasteiger partial charge in [0.2, 0.25) is 0 Å². The summed E-state index contributed by atoms with van der Waals surface area (Å²) in [6.07, 6.45) is 0. The normalized spacial score (nSPS) is 10.9. The van der Waals surface area contributed by atoms with Crippen LogP contribution in [0.5, 0.6) is 0 Å². The van der Waals surface area contributed by atoms with Gasteiger partial charge in [-0.2, -0.15) is 10.5 Å². The number of hydrogen-bond acceptors (Lipinski definition) is 5. The number of nitriles is 2. The summed E-state index contributed by atoms with van der Waals surface area (Å²) < 4.78 is 0. The minimum absolute atomic E-state index is 0.482. The van der Waals surface area contributed by atoms with Crippen LogP contribution in [-0.4, -0.2) is 15.0 Å². The lowest BCUT2D eigenvalue weighted by atomic mass is 9.88. The Morgan fingerprint density at radius 2 is 0.806 bits per heavy atom. The number of nitrogens with zero attached hydrogens (tertiary/aromatic N) is 6. The van der Waals surface area contributed by atoms with Gasteiger partial charge in [-0.05, 0) is 127 Å². The predicted molar refractivity (Wildman–Crippen MR) is 249 cm³/mol. The van der Waals surface area contributed by atoms with Crippen molar-refractivity contribution in [1.29, 1.82) is 10.5 Å². The Labute approximate surface area is 358 Å². The summed E-state index contributed by atoms with van der Waals surface area (Å²) >= 11 is 0. The molecule has 0 saturated heterocycles. The molecule has 0 N–H and O–H groups in total. The average molecular weight is 789 g/mol. The SMILES string of the molecule is [C-]#[N+]c1ccc(-c2ccc(-c3ccc(-c4nc(-c5ccc(C#N)cc5)nc(-c5ccc(C#N)cc5)n4)cc3)cc2)c(-c2ccccc2-c2ccc3c(ccc4ccccc43)c2)c1. The first-order valence-electron chi connectivity index (χ1n) is 20.1. The molecule has 6 nitrogen and oxygen atoms in total. The molecule has 0 radical (unpaired) electrons. The zero-order valence-electron chi connectivity index (χ0n) is 33.2. The third-order valence-corrected chi connectivity index (χ3v) is 11.3. The van der Waals surface area contributed by atoms with Crippen molar-refractivity contribution in [1.82, 2.24) is 15.0 Å². The number of aromatic nitrogens is 3. The van der Waals surface area contributed by atoms with Crippen LogP contribution in [0.1, 0.15) is 11.1 Å². The molecule has 0 aliphatic rings. The molecule has 1 aromatic heterocycles. The van der Waals surface area contributed by atoms with Gasteiger partial charge < -0.3 is 0 Å². The summed E-state index contributed by atoms with van der Waals surface area (Å²) in [6, 6.07) is 69.3. The van der Waals surface area contributed by atoms with Crippen LogP contribution < -0.4 is 0 Å². The summed E-state index contributed by atoms with van der Waals surface area (Å²) in [5.41, 5.74) is 12.5. The molecule has 0 saturated carbocycles. The highest BCUT2D eigenvalue weighted by Crippen LogP contribution is 2.42. The first-order chi connectivity index (χ1) is 30.5. The molecule has 0 spiro atoms. The van der Waals surface area contributed by atoms with Gasteiger partial charge in [0.1, 0.15) is 0 Å². The van der Waals surface area contributed by atoms with Crippen LogP contribution in [0, 0.1) is 29.2 Å². The van der Waals surface area contributed by atoms with Crippen molar-refractivity contribution in [3.63, 3.8) is 0 Å². The lowest BCUT2D eigenvalue weighted by molar-refractivity contribution is 1.07. The van der Waals surface area contributed by atoms with Crippen molar-refractivity contribution in [3.8, 4) is 90.8 Å². The van der Waals surface area contributed by atoms with Crippen molar-refractivity contribution in [2.24, 2.45) is 0 Å². The molecule has 286 valence electrons. The summed E-state index contributed by atoms with van der Waals surface area (Å²) in [4.78, 5) is 18.3. The molecule has 0 bridgehead atoms. The molecule has 0 aliphatic heterocycles. The lowest BCUT2D eigenvalue weighted by Gasteiger charge is -2.16. The summed E-state index contributed by atoms with van der Waals surface area (Å²) in [6.45, 7) is 7.87. The van der Waals surface area contributed by atoms with Gasteiger partial charge in [0.05, 0.1) is 29.8 Å². The van der Waals surface area contributed by atoms with E-state index in [0.29, 0.717) is 34.3 Å². The second kappa shape index (κ2) is 16.0. The molecule has 0 aliphatic carbocycles. The van der Waals surface area contributed by atoms with Gasteiger partial charge in [-0.3, -0.25) is 0 Å². The molecule has 0 atom stereocenters. The number of fused-ring (bicyclic) bond motifs is 3. The predicted octanol–water partition coefficient (Wildman–Crippen LogP) is 14.1. The monoisotopic (exact) mass is 788 g/mol. The first kappa shape index (κ1) is 37.3. The van der Waals surface area contributed by atoms with E-state index in [0.717, 1.165) is 61.2 Å². The van der Waals surface area contributed by atoms with Crippen LogP contribution in [0.4, 0.5) is 5.69 Å². The zero-order valence-corrected chi connectivity index (χ0v) is 33.2. The second-order valence-electron chi connectivity index (χ2n) is 14.9. The smallest absolute Gasteiger partial charge is 0.187 e. The van der Waals surface area contributed by atoms with E-state index < -0.39 is 0 Å². The fourth-order valence-electron chi connectivity index (χ4n) is 8.03. The third-order valence-electron chi connectivity index (χ3n) is 11.3. The number of hydrogen-bond donors (Lipinski definition) is 0. The Hall–Kier alpha value is -9.02.